The molecule has 2 aromatic heterocycles. The van der Waals surface area contributed by atoms with E-state index in [9.17, 15) is 8.42 Å². The number of nitrogens with two attached hydrogens (primary N) is 1. The molecule has 0 atom stereocenters. The molecule has 0 bridgehead atoms. The zero-order valence-corrected chi connectivity index (χ0v) is 8.25. The van der Waals surface area contributed by atoms with Gasteiger partial charge in [-0.15, -0.1) is 0 Å². The first-order chi connectivity index (χ1) is 7.09. The van der Waals surface area contributed by atoms with E-state index in [-0.39, 0.29) is 16.7 Å². The van der Waals surface area contributed by atoms with Gasteiger partial charge in [0.15, 0.2) is 0 Å². The Labute approximate surface area is 85.0 Å². The predicted molar refractivity (Wildman–Crippen MR) is 52.4 cm³/mol. The van der Waals surface area contributed by atoms with E-state index in [0.717, 1.165) is 6.20 Å². The van der Waals surface area contributed by atoms with Crippen LogP contribution >= 0.6 is 0 Å². The molecule has 2 aromatic rings. The number of nitrogens with one attached hydrogen (secondary N) is 3. The molecule has 2 heterocycles. The van der Waals surface area contributed by atoms with Crippen molar-refractivity contribution in [2.75, 3.05) is 10.5 Å². The molecule has 15 heavy (non-hydrogen) atoms. The van der Waals surface area contributed by atoms with Gasteiger partial charge in [0.05, 0.1) is 6.20 Å². The highest BCUT2D eigenvalue weighted by atomic mass is 32.2. The highest BCUT2D eigenvalue weighted by molar-refractivity contribution is 7.92. The summed E-state index contributed by atoms with van der Waals surface area (Å²) in [5.74, 6) is 0.102. The maximum Gasteiger partial charge on any atom is 0.269 e. The minimum absolute atomic E-state index is 0.0194. The van der Waals surface area contributed by atoms with Crippen LogP contribution < -0.4 is 10.5 Å². The van der Waals surface area contributed by atoms with Gasteiger partial charge >= 0.3 is 0 Å². The second-order valence-corrected chi connectivity index (χ2v) is 4.34. The molecule has 0 saturated heterocycles. The summed E-state index contributed by atoms with van der Waals surface area (Å²) < 4.78 is 25.5. The van der Waals surface area contributed by atoms with Gasteiger partial charge in [0.25, 0.3) is 10.0 Å². The second kappa shape index (κ2) is 3.28. The number of nitrogen functional groups attached to an aromatic ring is 1. The van der Waals surface area contributed by atoms with E-state index < -0.39 is 10.0 Å². The van der Waals surface area contributed by atoms with Crippen LogP contribution in [0.4, 0.5) is 11.8 Å². The Balaban J connectivity index is 2.33. The maximum atomic E-state index is 11.7. The molecule has 0 aliphatic heterocycles. The Bertz CT molecular complexity index is 542. The lowest BCUT2D eigenvalue weighted by Gasteiger charge is -2.02. The summed E-state index contributed by atoms with van der Waals surface area (Å²) in [6.45, 7) is 0. The average Bonchev–Trinajstić information content (AvgIpc) is 2.75. The van der Waals surface area contributed by atoms with Crippen molar-refractivity contribution < 1.29 is 8.42 Å². The number of aromatic amines is 2. The molecule has 0 radical (unpaired) electrons. The molecule has 2 rings (SSSR count). The van der Waals surface area contributed by atoms with Crippen LogP contribution in [0, 0.1) is 0 Å². The van der Waals surface area contributed by atoms with Crippen molar-refractivity contribution in [2.45, 2.75) is 4.90 Å². The molecular weight excluding hydrogens is 220 g/mol. The molecule has 8 nitrogen and oxygen atoms in total. The molecule has 0 saturated carbocycles. The first-order valence-electron chi connectivity index (χ1n) is 3.90. The lowest BCUT2D eigenvalue weighted by molar-refractivity contribution is 0.601. The SMILES string of the molecule is Nc1[nH]ncc1S(=O)(=O)Nc1ncc[nH]1. The van der Waals surface area contributed by atoms with Gasteiger partial charge in [-0.05, 0) is 0 Å². The largest absolute Gasteiger partial charge is 0.383 e. The summed E-state index contributed by atoms with van der Waals surface area (Å²) in [7, 11) is -3.73. The molecule has 5 N–H and O–H groups in total. The first kappa shape index (κ1) is 9.52. The molecule has 0 aliphatic rings. The van der Waals surface area contributed by atoms with Gasteiger partial charge < -0.3 is 10.7 Å². The number of hydrogen-bond donors (Lipinski definition) is 4. The van der Waals surface area contributed by atoms with E-state index >= 15 is 0 Å². The number of sulfonamides is 1. The number of nitrogens with zero attached hydrogens (tertiary/aromatic N) is 2. The van der Waals surface area contributed by atoms with Gasteiger partial charge in [-0.2, -0.15) is 5.10 Å². The number of H-pyrrole nitrogens is 2. The fourth-order valence-corrected chi connectivity index (χ4v) is 2.01. The number of rotatable bonds is 3. The number of anilines is 2. The second-order valence-electron chi connectivity index (χ2n) is 2.69. The van der Waals surface area contributed by atoms with E-state index in [4.69, 9.17) is 5.73 Å². The van der Waals surface area contributed by atoms with Crippen LogP contribution in [0.2, 0.25) is 0 Å². The van der Waals surface area contributed by atoms with E-state index in [1.54, 1.807) is 0 Å². The highest BCUT2D eigenvalue weighted by Crippen LogP contribution is 2.16. The third-order valence-electron chi connectivity index (χ3n) is 1.65. The van der Waals surface area contributed by atoms with Crippen molar-refractivity contribution in [1.29, 1.82) is 0 Å². The molecule has 0 aromatic carbocycles. The average molecular weight is 228 g/mol. The van der Waals surface area contributed by atoms with E-state index in [0.29, 0.717) is 0 Å². The van der Waals surface area contributed by atoms with Crippen LogP contribution in [0.3, 0.4) is 0 Å². The summed E-state index contributed by atoms with van der Waals surface area (Å²) in [6.07, 6.45) is 4.05. The minimum Gasteiger partial charge on any atom is -0.383 e. The van der Waals surface area contributed by atoms with Gasteiger partial charge in [0, 0.05) is 12.4 Å². The van der Waals surface area contributed by atoms with Crippen molar-refractivity contribution in [3.05, 3.63) is 18.6 Å². The Morgan fingerprint density at radius 1 is 1.47 bits per heavy atom. The zero-order valence-electron chi connectivity index (χ0n) is 7.43. The van der Waals surface area contributed by atoms with Crippen molar-refractivity contribution in [2.24, 2.45) is 0 Å². The monoisotopic (exact) mass is 228 g/mol. The van der Waals surface area contributed by atoms with Crippen LogP contribution in [0.1, 0.15) is 0 Å². The fraction of sp³-hybridized carbons (Fsp3) is 0. The van der Waals surface area contributed by atoms with Gasteiger partial charge in [-0.1, -0.05) is 0 Å². The Morgan fingerprint density at radius 3 is 2.80 bits per heavy atom. The van der Waals surface area contributed by atoms with Crippen LogP contribution in [-0.4, -0.2) is 28.6 Å². The molecule has 80 valence electrons. The lowest BCUT2D eigenvalue weighted by Crippen LogP contribution is -2.14. The van der Waals surface area contributed by atoms with Crippen molar-refractivity contribution in [1.82, 2.24) is 20.2 Å². The number of imidazole rings is 1. The van der Waals surface area contributed by atoms with Crippen LogP contribution in [0.15, 0.2) is 23.5 Å². The van der Waals surface area contributed by atoms with Gasteiger partial charge in [-0.3, -0.25) is 5.10 Å². The third-order valence-corrected chi connectivity index (χ3v) is 3.02. The van der Waals surface area contributed by atoms with E-state index in [1.807, 2.05) is 0 Å². The highest BCUT2D eigenvalue weighted by Gasteiger charge is 2.19. The molecule has 0 spiro atoms. The summed E-state index contributed by atoms with van der Waals surface area (Å²) >= 11 is 0. The first-order valence-corrected chi connectivity index (χ1v) is 5.39. The summed E-state index contributed by atoms with van der Waals surface area (Å²) in [6, 6.07) is 0. The van der Waals surface area contributed by atoms with Gasteiger partial charge in [0.2, 0.25) is 5.95 Å². The standard InChI is InChI=1S/C6H8N6O2S/c7-5-4(3-10-11-5)15(13,14)12-6-8-1-2-9-6/h1-3H,(H3,7,10,11)(H2,8,9,12). The normalized spacial score (nSPS) is 11.5. The van der Waals surface area contributed by atoms with Crippen molar-refractivity contribution >= 4 is 21.8 Å². The molecular formula is C6H8N6O2S. The Morgan fingerprint density at radius 2 is 2.27 bits per heavy atom. The van der Waals surface area contributed by atoms with Crippen LogP contribution in [0.5, 0.6) is 0 Å². The molecule has 0 fully saturated rings. The molecule has 0 unspecified atom stereocenters. The smallest absolute Gasteiger partial charge is 0.269 e. The minimum atomic E-state index is -3.73. The van der Waals surface area contributed by atoms with E-state index in [2.05, 4.69) is 24.9 Å². The summed E-state index contributed by atoms with van der Waals surface area (Å²) in [5, 5.41) is 5.85. The van der Waals surface area contributed by atoms with Crippen LogP contribution in [0.25, 0.3) is 0 Å². The van der Waals surface area contributed by atoms with Gasteiger partial charge in [0.1, 0.15) is 10.7 Å². The third kappa shape index (κ3) is 1.76. The van der Waals surface area contributed by atoms with E-state index in [1.165, 1.54) is 12.4 Å². The van der Waals surface area contributed by atoms with Gasteiger partial charge in [-0.25, -0.2) is 18.1 Å². The fourth-order valence-electron chi connectivity index (χ4n) is 1.00. The lowest BCUT2D eigenvalue weighted by atomic mass is 10.7. The molecule has 0 aliphatic carbocycles. The molecule has 0 amide bonds. The summed E-state index contributed by atoms with van der Waals surface area (Å²) in [4.78, 5) is 6.21. The number of aromatic nitrogens is 4. The molecule has 9 heteroatoms. The van der Waals surface area contributed by atoms with Crippen molar-refractivity contribution in [3.63, 3.8) is 0 Å². The zero-order chi connectivity index (χ0) is 10.9. The Hall–Kier alpha value is -2.03. The Kier molecular flexibility index (Phi) is 2.08. The number of hydrogen-bond acceptors (Lipinski definition) is 5. The summed E-state index contributed by atoms with van der Waals surface area (Å²) in [5.41, 5.74) is 5.39. The maximum absolute atomic E-state index is 11.7. The predicted octanol–water partition coefficient (Wildman–Crippen LogP) is -0.484. The topological polar surface area (TPSA) is 130 Å². The van der Waals surface area contributed by atoms with Crippen LogP contribution in [-0.2, 0) is 10.0 Å². The quantitative estimate of drug-likeness (QED) is 0.563. The van der Waals surface area contributed by atoms with Crippen molar-refractivity contribution in [3.8, 4) is 0 Å².